The highest BCUT2D eigenvalue weighted by molar-refractivity contribution is 5.45. The topological polar surface area (TPSA) is 41.9 Å². The summed E-state index contributed by atoms with van der Waals surface area (Å²) in [5.41, 5.74) is 1.83. The molecule has 124 valence electrons. The molecule has 23 heavy (non-hydrogen) atoms. The van der Waals surface area contributed by atoms with Gasteiger partial charge in [-0.1, -0.05) is 12.1 Å². The smallest absolute Gasteiger partial charge is 0.123 e. The molecule has 5 heteroatoms. The third-order valence-corrected chi connectivity index (χ3v) is 3.47. The molecular weight excluding hydrogens is 297 g/mol. The Kier molecular flexibility index (Phi) is 6.38. The number of nitrogens with zero attached hydrogens (tertiary/aromatic N) is 1. The van der Waals surface area contributed by atoms with Crippen molar-refractivity contribution in [3.63, 3.8) is 0 Å². The van der Waals surface area contributed by atoms with Gasteiger partial charge in [0.05, 0.1) is 26.4 Å². The van der Waals surface area contributed by atoms with Gasteiger partial charge in [-0.15, -0.1) is 0 Å². The van der Waals surface area contributed by atoms with Crippen LogP contribution in [0.3, 0.4) is 0 Å². The van der Waals surface area contributed by atoms with Crippen molar-refractivity contribution in [1.82, 2.24) is 0 Å². The molecule has 0 spiro atoms. The monoisotopic (exact) mass is 319 g/mol. The summed E-state index contributed by atoms with van der Waals surface area (Å²) in [6.07, 6.45) is -0.629. The largest absolute Gasteiger partial charge is 0.497 e. The summed E-state index contributed by atoms with van der Waals surface area (Å²) in [4.78, 5) is 1.86. The number of rotatable bonds is 8. The van der Waals surface area contributed by atoms with Crippen molar-refractivity contribution < 1.29 is 19.0 Å². The fourth-order valence-electron chi connectivity index (χ4n) is 2.24. The molecule has 0 aliphatic rings. The summed E-state index contributed by atoms with van der Waals surface area (Å²) in [5.74, 6) is 0.506. The summed E-state index contributed by atoms with van der Waals surface area (Å²) < 4.78 is 23.6. The SMILES string of the molecule is COc1cccc(COCC(O)CN(C)c2ccc(F)cc2)c1. The molecule has 0 amide bonds. The van der Waals surface area contributed by atoms with Crippen molar-refractivity contribution in [3.05, 3.63) is 59.9 Å². The molecular formula is C18H22FNO3. The van der Waals surface area contributed by atoms with Crippen LogP contribution in [0.25, 0.3) is 0 Å². The molecule has 0 saturated heterocycles. The predicted molar refractivity (Wildman–Crippen MR) is 88.3 cm³/mol. The Morgan fingerprint density at radius 2 is 1.91 bits per heavy atom. The lowest BCUT2D eigenvalue weighted by atomic mass is 10.2. The van der Waals surface area contributed by atoms with Crippen LogP contribution in [0.2, 0.25) is 0 Å². The molecule has 1 atom stereocenters. The number of ether oxygens (including phenoxy) is 2. The number of methoxy groups -OCH3 is 1. The number of halogens is 1. The molecule has 0 radical (unpaired) electrons. The highest BCUT2D eigenvalue weighted by atomic mass is 19.1. The first-order chi connectivity index (χ1) is 11.1. The molecule has 0 aliphatic carbocycles. The number of hydrogen-bond acceptors (Lipinski definition) is 4. The van der Waals surface area contributed by atoms with Gasteiger partial charge in [0.25, 0.3) is 0 Å². The van der Waals surface area contributed by atoms with E-state index in [1.54, 1.807) is 19.2 Å². The molecule has 0 saturated carbocycles. The van der Waals surface area contributed by atoms with Gasteiger partial charge < -0.3 is 19.5 Å². The van der Waals surface area contributed by atoms with Crippen LogP contribution in [0.15, 0.2) is 48.5 Å². The zero-order chi connectivity index (χ0) is 16.7. The van der Waals surface area contributed by atoms with Crippen LogP contribution >= 0.6 is 0 Å². The lowest BCUT2D eigenvalue weighted by molar-refractivity contribution is 0.0324. The molecule has 0 aromatic heterocycles. The second-order valence-electron chi connectivity index (χ2n) is 5.38. The Morgan fingerprint density at radius 3 is 2.61 bits per heavy atom. The van der Waals surface area contributed by atoms with Crippen molar-refractivity contribution in [2.45, 2.75) is 12.7 Å². The van der Waals surface area contributed by atoms with Crippen LogP contribution in [0.4, 0.5) is 10.1 Å². The van der Waals surface area contributed by atoms with E-state index in [-0.39, 0.29) is 12.4 Å². The minimum atomic E-state index is -0.629. The second kappa shape index (κ2) is 8.50. The van der Waals surface area contributed by atoms with Gasteiger partial charge in [0.1, 0.15) is 11.6 Å². The Bertz CT molecular complexity index is 603. The lowest BCUT2D eigenvalue weighted by Crippen LogP contribution is -2.32. The molecule has 4 nitrogen and oxygen atoms in total. The fourth-order valence-corrected chi connectivity index (χ4v) is 2.24. The average molecular weight is 319 g/mol. The minimum Gasteiger partial charge on any atom is -0.497 e. The van der Waals surface area contributed by atoms with Gasteiger partial charge in [0.2, 0.25) is 0 Å². The minimum absolute atomic E-state index is 0.225. The fraction of sp³-hybridized carbons (Fsp3) is 0.333. The van der Waals surface area contributed by atoms with Gasteiger partial charge in [0.15, 0.2) is 0 Å². The number of likely N-dealkylation sites (N-methyl/N-ethyl adjacent to an activating group) is 1. The molecule has 0 heterocycles. The molecule has 0 bridgehead atoms. The Labute approximate surface area is 136 Å². The van der Waals surface area contributed by atoms with E-state index >= 15 is 0 Å². The van der Waals surface area contributed by atoms with Crippen LogP contribution in [0.5, 0.6) is 5.75 Å². The zero-order valence-corrected chi connectivity index (χ0v) is 13.4. The predicted octanol–water partition coefficient (Wildman–Crippen LogP) is 2.85. The van der Waals surface area contributed by atoms with Crippen molar-refractivity contribution in [3.8, 4) is 5.75 Å². The quantitative estimate of drug-likeness (QED) is 0.812. The maximum atomic E-state index is 12.9. The van der Waals surface area contributed by atoms with Crippen LogP contribution in [0, 0.1) is 5.82 Å². The molecule has 2 aromatic carbocycles. The Hall–Kier alpha value is -2.11. The van der Waals surface area contributed by atoms with E-state index in [1.165, 1.54) is 12.1 Å². The van der Waals surface area contributed by atoms with E-state index in [4.69, 9.17) is 9.47 Å². The summed E-state index contributed by atoms with van der Waals surface area (Å²) >= 11 is 0. The van der Waals surface area contributed by atoms with Gasteiger partial charge >= 0.3 is 0 Å². The normalized spacial score (nSPS) is 12.0. The van der Waals surface area contributed by atoms with Crippen molar-refractivity contribution in [2.75, 3.05) is 32.2 Å². The number of hydrogen-bond donors (Lipinski definition) is 1. The van der Waals surface area contributed by atoms with Crippen molar-refractivity contribution in [2.24, 2.45) is 0 Å². The van der Waals surface area contributed by atoms with Crippen LogP contribution in [-0.4, -0.2) is 38.5 Å². The molecule has 0 fully saturated rings. The number of anilines is 1. The number of benzene rings is 2. The van der Waals surface area contributed by atoms with Crippen molar-refractivity contribution in [1.29, 1.82) is 0 Å². The Morgan fingerprint density at radius 1 is 1.17 bits per heavy atom. The van der Waals surface area contributed by atoms with E-state index in [0.29, 0.717) is 13.2 Å². The Balaban J connectivity index is 1.76. The van der Waals surface area contributed by atoms with Gasteiger partial charge in [-0.3, -0.25) is 0 Å². The molecule has 2 rings (SSSR count). The highest BCUT2D eigenvalue weighted by Crippen LogP contribution is 2.15. The van der Waals surface area contributed by atoms with Gasteiger partial charge in [0, 0.05) is 19.3 Å². The zero-order valence-electron chi connectivity index (χ0n) is 13.4. The van der Waals surface area contributed by atoms with Crippen LogP contribution in [-0.2, 0) is 11.3 Å². The first-order valence-electron chi connectivity index (χ1n) is 7.44. The molecule has 0 aliphatic heterocycles. The van der Waals surface area contributed by atoms with Gasteiger partial charge in [-0.05, 0) is 42.0 Å². The number of aliphatic hydroxyl groups is 1. The van der Waals surface area contributed by atoms with E-state index in [2.05, 4.69) is 0 Å². The van der Waals surface area contributed by atoms with E-state index < -0.39 is 6.10 Å². The third-order valence-electron chi connectivity index (χ3n) is 3.47. The summed E-state index contributed by atoms with van der Waals surface area (Å²) in [6, 6.07) is 13.8. The maximum Gasteiger partial charge on any atom is 0.123 e. The first kappa shape index (κ1) is 17.2. The molecule has 1 unspecified atom stereocenters. The molecule has 2 aromatic rings. The standard InChI is InChI=1S/C18H22FNO3/c1-20(16-8-6-15(19)7-9-16)11-17(21)13-23-12-14-4-3-5-18(10-14)22-2/h3-10,17,21H,11-13H2,1-2H3. The number of aliphatic hydroxyl groups excluding tert-OH is 1. The summed E-state index contributed by atoms with van der Waals surface area (Å²) in [7, 11) is 3.47. The summed E-state index contributed by atoms with van der Waals surface area (Å²) in [5, 5.41) is 10.0. The molecule has 1 N–H and O–H groups in total. The van der Waals surface area contributed by atoms with Crippen LogP contribution in [0.1, 0.15) is 5.56 Å². The third kappa shape index (κ3) is 5.54. The van der Waals surface area contributed by atoms with E-state index in [0.717, 1.165) is 17.0 Å². The van der Waals surface area contributed by atoms with E-state index in [1.807, 2.05) is 36.2 Å². The van der Waals surface area contributed by atoms with Gasteiger partial charge in [-0.2, -0.15) is 0 Å². The maximum absolute atomic E-state index is 12.9. The average Bonchev–Trinajstić information content (AvgIpc) is 2.55. The second-order valence-corrected chi connectivity index (χ2v) is 5.38. The van der Waals surface area contributed by atoms with E-state index in [9.17, 15) is 9.50 Å². The van der Waals surface area contributed by atoms with Crippen molar-refractivity contribution >= 4 is 5.69 Å². The van der Waals surface area contributed by atoms with Gasteiger partial charge in [-0.25, -0.2) is 4.39 Å². The lowest BCUT2D eigenvalue weighted by Gasteiger charge is -2.22. The highest BCUT2D eigenvalue weighted by Gasteiger charge is 2.09. The first-order valence-corrected chi connectivity index (χ1v) is 7.44. The summed E-state index contributed by atoms with van der Waals surface area (Å²) in [6.45, 7) is 1.04. The van der Waals surface area contributed by atoms with Crippen LogP contribution < -0.4 is 9.64 Å².